The van der Waals surface area contributed by atoms with E-state index < -0.39 is 5.97 Å². The van der Waals surface area contributed by atoms with Crippen molar-refractivity contribution in [2.45, 2.75) is 13.0 Å². The number of aliphatic carboxylic acids is 1. The monoisotopic (exact) mass is 296 g/mol. The summed E-state index contributed by atoms with van der Waals surface area (Å²) in [6.45, 7) is 0.513. The van der Waals surface area contributed by atoms with Gasteiger partial charge in [0.2, 0.25) is 0 Å². The van der Waals surface area contributed by atoms with E-state index in [4.69, 9.17) is 5.11 Å². The zero-order valence-electron chi connectivity index (χ0n) is 8.75. The molecule has 0 saturated carbocycles. The fourth-order valence-electron chi connectivity index (χ4n) is 1.38. The highest BCUT2D eigenvalue weighted by atomic mass is 79.9. The first-order valence-electron chi connectivity index (χ1n) is 4.84. The summed E-state index contributed by atoms with van der Waals surface area (Å²) >= 11 is 3.33. The summed E-state index contributed by atoms with van der Waals surface area (Å²) in [5, 5.41) is 16.2. The highest BCUT2D eigenvalue weighted by Gasteiger charge is 2.06. The van der Waals surface area contributed by atoms with Gasteiger partial charge in [0.05, 0.1) is 18.7 Å². The number of carboxylic acids is 1. The molecule has 2 rings (SSSR count). The SMILES string of the molecule is O=C(O)Cc1cn(Cc2cncc(Br)c2)nn1. The Balaban J connectivity index is 2.08. The molecule has 1 N–H and O–H groups in total. The van der Waals surface area contributed by atoms with E-state index in [0.717, 1.165) is 10.0 Å². The molecule has 6 nitrogen and oxygen atoms in total. The van der Waals surface area contributed by atoms with Crippen molar-refractivity contribution in [3.63, 3.8) is 0 Å². The van der Waals surface area contributed by atoms with Gasteiger partial charge in [-0.15, -0.1) is 5.10 Å². The summed E-state index contributed by atoms with van der Waals surface area (Å²) in [6, 6.07) is 1.92. The Bertz CT molecular complexity index is 541. The minimum atomic E-state index is -0.916. The van der Waals surface area contributed by atoms with Crippen LogP contribution in [0.3, 0.4) is 0 Å². The molecule has 2 aromatic rings. The van der Waals surface area contributed by atoms with Crippen molar-refractivity contribution in [2.24, 2.45) is 0 Å². The van der Waals surface area contributed by atoms with Gasteiger partial charge in [-0.2, -0.15) is 0 Å². The topological polar surface area (TPSA) is 80.9 Å². The van der Waals surface area contributed by atoms with Gasteiger partial charge in [-0.05, 0) is 27.6 Å². The molecular weight excluding hydrogens is 288 g/mol. The summed E-state index contributed by atoms with van der Waals surface area (Å²) in [7, 11) is 0. The molecule has 2 heterocycles. The lowest BCUT2D eigenvalue weighted by Gasteiger charge is -2.00. The van der Waals surface area contributed by atoms with Crippen molar-refractivity contribution < 1.29 is 9.90 Å². The van der Waals surface area contributed by atoms with E-state index in [9.17, 15) is 4.79 Å². The molecule has 88 valence electrons. The van der Waals surface area contributed by atoms with E-state index in [1.54, 1.807) is 23.3 Å². The molecule has 0 spiro atoms. The normalized spacial score (nSPS) is 10.4. The molecule has 0 bridgehead atoms. The van der Waals surface area contributed by atoms with Gasteiger partial charge in [0.1, 0.15) is 0 Å². The number of rotatable bonds is 4. The molecule has 0 radical (unpaired) electrons. The Morgan fingerprint density at radius 3 is 3.00 bits per heavy atom. The van der Waals surface area contributed by atoms with E-state index in [0.29, 0.717) is 12.2 Å². The maximum absolute atomic E-state index is 10.5. The van der Waals surface area contributed by atoms with E-state index in [-0.39, 0.29) is 6.42 Å². The molecule has 0 saturated heterocycles. The van der Waals surface area contributed by atoms with Crippen LogP contribution in [0.2, 0.25) is 0 Å². The molecule has 2 aromatic heterocycles. The van der Waals surface area contributed by atoms with E-state index >= 15 is 0 Å². The Labute approximate surface area is 105 Å². The lowest BCUT2D eigenvalue weighted by Crippen LogP contribution is -2.01. The molecule has 0 fully saturated rings. The first-order chi connectivity index (χ1) is 8.13. The zero-order chi connectivity index (χ0) is 12.3. The van der Waals surface area contributed by atoms with E-state index in [1.807, 2.05) is 6.07 Å². The maximum Gasteiger partial charge on any atom is 0.309 e. The molecule has 7 heteroatoms. The summed E-state index contributed by atoms with van der Waals surface area (Å²) in [6.07, 6.45) is 4.93. The van der Waals surface area contributed by atoms with Gasteiger partial charge < -0.3 is 5.11 Å². The standard InChI is InChI=1S/C10H9BrN4O2/c11-8-1-7(3-12-4-8)5-15-6-9(13-14-15)2-10(16)17/h1,3-4,6H,2,5H2,(H,16,17). The lowest BCUT2D eigenvalue weighted by atomic mass is 10.3. The lowest BCUT2D eigenvalue weighted by molar-refractivity contribution is -0.136. The van der Waals surface area contributed by atoms with Crippen LogP contribution in [0.1, 0.15) is 11.3 Å². The van der Waals surface area contributed by atoms with Gasteiger partial charge in [-0.25, -0.2) is 4.68 Å². The van der Waals surface area contributed by atoms with E-state index in [2.05, 4.69) is 31.2 Å². The average molecular weight is 297 g/mol. The predicted molar refractivity (Wildman–Crippen MR) is 62.4 cm³/mol. The summed E-state index contributed by atoms with van der Waals surface area (Å²) < 4.78 is 2.47. The van der Waals surface area contributed by atoms with Crippen molar-refractivity contribution >= 4 is 21.9 Å². The van der Waals surface area contributed by atoms with Gasteiger partial charge >= 0.3 is 5.97 Å². The van der Waals surface area contributed by atoms with Crippen molar-refractivity contribution in [1.82, 2.24) is 20.0 Å². The molecule has 0 aliphatic heterocycles. The van der Waals surface area contributed by atoms with Gasteiger partial charge in [0.25, 0.3) is 0 Å². The number of pyridine rings is 1. The second-order valence-electron chi connectivity index (χ2n) is 3.49. The van der Waals surface area contributed by atoms with Crippen LogP contribution in [0.25, 0.3) is 0 Å². The van der Waals surface area contributed by atoms with Gasteiger partial charge in [-0.3, -0.25) is 9.78 Å². The average Bonchev–Trinajstić information content (AvgIpc) is 2.64. The zero-order valence-corrected chi connectivity index (χ0v) is 10.3. The van der Waals surface area contributed by atoms with Crippen LogP contribution in [0, 0.1) is 0 Å². The van der Waals surface area contributed by atoms with Crippen LogP contribution < -0.4 is 0 Å². The Morgan fingerprint density at radius 1 is 1.47 bits per heavy atom. The van der Waals surface area contributed by atoms with Gasteiger partial charge in [0.15, 0.2) is 0 Å². The van der Waals surface area contributed by atoms with Crippen molar-refractivity contribution in [1.29, 1.82) is 0 Å². The van der Waals surface area contributed by atoms with E-state index in [1.165, 1.54) is 0 Å². The third-order valence-corrected chi connectivity index (χ3v) is 2.46. The third-order valence-electron chi connectivity index (χ3n) is 2.02. The van der Waals surface area contributed by atoms with Crippen LogP contribution in [-0.2, 0) is 17.8 Å². The van der Waals surface area contributed by atoms with Crippen LogP contribution >= 0.6 is 15.9 Å². The summed E-state index contributed by atoms with van der Waals surface area (Å²) in [5.74, 6) is -0.916. The van der Waals surface area contributed by atoms with Crippen LogP contribution in [0.4, 0.5) is 0 Å². The fourth-order valence-corrected chi connectivity index (χ4v) is 1.79. The van der Waals surface area contributed by atoms with Crippen LogP contribution in [0.5, 0.6) is 0 Å². The van der Waals surface area contributed by atoms with Crippen molar-refractivity contribution in [2.75, 3.05) is 0 Å². The van der Waals surface area contributed by atoms with Crippen LogP contribution in [0.15, 0.2) is 29.1 Å². The highest BCUT2D eigenvalue weighted by molar-refractivity contribution is 9.10. The Morgan fingerprint density at radius 2 is 2.29 bits per heavy atom. The number of halogens is 1. The Kier molecular flexibility index (Phi) is 3.48. The largest absolute Gasteiger partial charge is 0.481 e. The second kappa shape index (κ2) is 5.05. The predicted octanol–water partition coefficient (Wildman–Crippen LogP) is 1.11. The molecule has 0 aliphatic carbocycles. The third kappa shape index (κ3) is 3.35. The molecule has 0 atom stereocenters. The molecule has 0 amide bonds. The number of carbonyl (C=O) groups is 1. The summed E-state index contributed by atoms with van der Waals surface area (Å²) in [5.41, 5.74) is 1.41. The maximum atomic E-state index is 10.5. The number of hydrogen-bond acceptors (Lipinski definition) is 4. The van der Waals surface area contributed by atoms with Gasteiger partial charge in [0, 0.05) is 23.1 Å². The molecular formula is C10H9BrN4O2. The van der Waals surface area contributed by atoms with Crippen molar-refractivity contribution in [3.8, 4) is 0 Å². The van der Waals surface area contributed by atoms with Crippen molar-refractivity contribution in [3.05, 3.63) is 40.4 Å². The quantitative estimate of drug-likeness (QED) is 0.914. The second-order valence-corrected chi connectivity index (χ2v) is 4.41. The molecule has 0 unspecified atom stereocenters. The van der Waals surface area contributed by atoms with Crippen LogP contribution in [-0.4, -0.2) is 31.1 Å². The minimum Gasteiger partial charge on any atom is -0.481 e. The number of nitrogens with zero attached hydrogens (tertiary/aromatic N) is 4. The fraction of sp³-hybridized carbons (Fsp3) is 0.200. The van der Waals surface area contributed by atoms with Gasteiger partial charge in [-0.1, -0.05) is 5.21 Å². The number of hydrogen-bond donors (Lipinski definition) is 1. The highest BCUT2D eigenvalue weighted by Crippen LogP contribution is 2.10. The Hall–Kier alpha value is -1.76. The molecule has 0 aromatic carbocycles. The minimum absolute atomic E-state index is 0.114. The smallest absolute Gasteiger partial charge is 0.309 e. The first kappa shape index (κ1) is 11.7. The number of carboxylic acid groups (broad SMARTS) is 1. The first-order valence-corrected chi connectivity index (χ1v) is 5.63. The molecule has 0 aliphatic rings. The summed E-state index contributed by atoms with van der Waals surface area (Å²) in [4.78, 5) is 14.5. The molecule has 17 heavy (non-hydrogen) atoms. The number of aromatic nitrogens is 4.